The number of esters is 2. The lowest BCUT2D eigenvalue weighted by atomic mass is 9.32. The molecule has 248 valence electrons. The maximum atomic E-state index is 13.2. The van der Waals surface area contributed by atoms with Gasteiger partial charge in [-0.1, -0.05) is 60.6 Å². The summed E-state index contributed by atoms with van der Waals surface area (Å²) in [5.41, 5.74) is 1.62. The van der Waals surface area contributed by atoms with E-state index in [-0.39, 0.29) is 58.0 Å². The van der Waals surface area contributed by atoms with E-state index < -0.39 is 5.41 Å². The Morgan fingerprint density at radius 2 is 1.52 bits per heavy atom. The highest BCUT2D eigenvalue weighted by molar-refractivity contribution is 5.74. The Morgan fingerprint density at radius 1 is 0.841 bits per heavy atom. The van der Waals surface area contributed by atoms with Crippen molar-refractivity contribution in [1.82, 2.24) is 0 Å². The lowest BCUT2D eigenvalue weighted by Gasteiger charge is -2.73. The van der Waals surface area contributed by atoms with Crippen LogP contribution in [-0.2, 0) is 23.9 Å². The van der Waals surface area contributed by atoms with Crippen molar-refractivity contribution < 1.29 is 23.9 Å². The average molecular weight is 611 g/mol. The van der Waals surface area contributed by atoms with E-state index in [1.807, 2.05) is 13.8 Å². The summed E-state index contributed by atoms with van der Waals surface area (Å²) in [5.74, 6) is 2.44. The Morgan fingerprint density at radius 3 is 2.16 bits per heavy atom. The van der Waals surface area contributed by atoms with Crippen LogP contribution in [0.1, 0.15) is 139 Å². The zero-order valence-electron chi connectivity index (χ0n) is 29.5. The first kappa shape index (κ1) is 33.7. The minimum absolute atomic E-state index is 0.105. The molecule has 10 atom stereocenters. The fraction of sp³-hybridized carbons (Fsp3) is 0.872. The zero-order chi connectivity index (χ0) is 32.5. The van der Waals surface area contributed by atoms with Crippen LogP contribution in [0.2, 0.25) is 0 Å². The molecule has 5 aliphatic carbocycles. The fourth-order valence-electron chi connectivity index (χ4n) is 13.1. The highest BCUT2D eigenvalue weighted by Gasteiger charge is 2.71. The smallest absolute Gasteiger partial charge is 0.306 e. The lowest BCUT2D eigenvalue weighted by molar-refractivity contribution is -0.250. The molecule has 0 N–H and O–H groups in total. The summed E-state index contributed by atoms with van der Waals surface area (Å²) in [6.07, 6.45) is 14.0. The predicted molar refractivity (Wildman–Crippen MR) is 175 cm³/mol. The maximum Gasteiger partial charge on any atom is 0.306 e. The second kappa shape index (κ2) is 11.3. The van der Waals surface area contributed by atoms with Crippen LogP contribution >= 0.6 is 0 Å². The lowest BCUT2D eigenvalue weighted by Crippen LogP contribution is -2.66. The Hall–Kier alpha value is -1.65. The molecule has 0 amide bonds. The Balaban J connectivity index is 1.37. The molecule has 0 saturated heterocycles. The van der Waals surface area contributed by atoms with Gasteiger partial charge in [-0.25, -0.2) is 0 Å². The van der Waals surface area contributed by atoms with Crippen molar-refractivity contribution in [3.63, 3.8) is 0 Å². The third-order valence-electron chi connectivity index (χ3n) is 15.4. The number of methoxy groups -OCH3 is 1. The summed E-state index contributed by atoms with van der Waals surface area (Å²) in [7, 11) is 1.39. The predicted octanol–water partition coefficient (Wildman–Crippen LogP) is 9.12. The van der Waals surface area contributed by atoms with Crippen LogP contribution in [0.15, 0.2) is 12.2 Å². The van der Waals surface area contributed by atoms with Gasteiger partial charge in [0, 0.05) is 11.8 Å². The van der Waals surface area contributed by atoms with Crippen LogP contribution in [0.3, 0.4) is 0 Å². The third-order valence-corrected chi connectivity index (χ3v) is 15.4. The number of hydrogen-bond donors (Lipinski definition) is 0. The van der Waals surface area contributed by atoms with Crippen molar-refractivity contribution in [2.24, 2.45) is 62.1 Å². The summed E-state index contributed by atoms with van der Waals surface area (Å²) in [6, 6.07) is 0. The van der Waals surface area contributed by atoms with Crippen LogP contribution in [-0.4, -0.2) is 31.4 Å². The van der Waals surface area contributed by atoms with Crippen LogP contribution in [0.4, 0.5) is 0 Å². The molecule has 5 rings (SSSR count). The van der Waals surface area contributed by atoms with Crippen molar-refractivity contribution in [1.29, 1.82) is 0 Å². The van der Waals surface area contributed by atoms with Crippen LogP contribution < -0.4 is 0 Å². The van der Waals surface area contributed by atoms with E-state index in [2.05, 4.69) is 48.1 Å². The van der Waals surface area contributed by atoms with Crippen LogP contribution in [0.5, 0.6) is 0 Å². The molecule has 0 unspecified atom stereocenters. The first-order valence-electron chi connectivity index (χ1n) is 17.8. The monoisotopic (exact) mass is 610 g/mol. The second-order valence-corrected chi connectivity index (χ2v) is 18.4. The van der Waals surface area contributed by atoms with Gasteiger partial charge in [0.15, 0.2) is 0 Å². The number of carbonyl (C=O) groups is 3. The number of rotatable bonds is 8. The van der Waals surface area contributed by atoms with Gasteiger partial charge in [0.1, 0.15) is 12.4 Å². The minimum atomic E-state index is -0.496. The number of carbonyl (C=O) groups excluding carboxylic acids is 3. The summed E-state index contributed by atoms with van der Waals surface area (Å²) in [4.78, 5) is 37.2. The largest absolute Gasteiger partial charge is 0.469 e. The zero-order valence-corrected chi connectivity index (χ0v) is 29.5. The van der Waals surface area contributed by atoms with Crippen molar-refractivity contribution in [3.05, 3.63) is 12.2 Å². The Labute approximate surface area is 268 Å². The molecule has 5 heteroatoms. The van der Waals surface area contributed by atoms with Gasteiger partial charge >= 0.3 is 11.9 Å². The normalized spacial score (nSPS) is 44.3. The molecular formula is C39H62O5. The number of fused-ring (bicyclic) bond motifs is 7. The highest BCUT2D eigenvalue weighted by atomic mass is 16.5. The molecule has 5 nitrogen and oxygen atoms in total. The molecule has 0 aromatic carbocycles. The van der Waals surface area contributed by atoms with Gasteiger partial charge in [-0.15, -0.1) is 0 Å². The first-order valence-corrected chi connectivity index (χ1v) is 17.8. The molecule has 0 bridgehead atoms. The molecule has 0 heterocycles. The quantitative estimate of drug-likeness (QED) is 0.156. The Bertz CT molecular complexity index is 1170. The van der Waals surface area contributed by atoms with E-state index >= 15 is 0 Å². The molecule has 0 aliphatic heterocycles. The van der Waals surface area contributed by atoms with Gasteiger partial charge in [0.05, 0.1) is 20.0 Å². The molecule has 0 radical (unpaired) electrons. The van der Waals surface area contributed by atoms with Crippen molar-refractivity contribution in [2.75, 3.05) is 7.11 Å². The van der Waals surface area contributed by atoms with Crippen LogP contribution in [0, 0.1) is 62.1 Å². The average Bonchev–Trinajstić information content (AvgIpc) is 3.30. The molecule has 5 saturated carbocycles. The van der Waals surface area contributed by atoms with Crippen molar-refractivity contribution in [3.8, 4) is 0 Å². The maximum absolute atomic E-state index is 13.2. The Kier molecular flexibility index (Phi) is 8.62. The fourth-order valence-corrected chi connectivity index (χ4v) is 13.1. The summed E-state index contributed by atoms with van der Waals surface area (Å²) in [6.45, 7) is 23.2. The van der Waals surface area contributed by atoms with Gasteiger partial charge in [-0.3, -0.25) is 9.59 Å². The van der Waals surface area contributed by atoms with Crippen molar-refractivity contribution in [2.45, 2.75) is 145 Å². The van der Waals surface area contributed by atoms with Crippen molar-refractivity contribution >= 4 is 18.2 Å². The summed E-state index contributed by atoms with van der Waals surface area (Å²) < 4.78 is 11.2. The van der Waals surface area contributed by atoms with E-state index in [1.165, 1.54) is 70.3 Å². The van der Waals surface area contributed by atoms with Gasteiger partial charge in [-0.05, 0) is 128 Å². The van der Waals surface area contributed by atoms with Gasteiger partial charge in [0.2, 0.25) is 0 Å². The molecule has 5 aliphatic rings. The van der Waals surface area contributed by atoms with Crippen LogP contribution in [0.25, 0.3) is 0 Å². The molecule has 0 spiro atoms. The van der Waals surface area contributed by atoms with Gasteiger partial charge < -0.3 is 14.3 Å². The molecule has 0 aromatic heterocycles. The van der Waals surface area contributed by atoms with E-state index in [1.54, 1.807) is 0 Å². The van der Waals surface area contributed by atoms with E-state index in [0.29, 0.717) is 29.6 Å². The van der Waals surface area contributed by atoms with E-state index in [0.717, 1.165) is 19.3 Å². The van der Waals surface area contributed by atoms with Gasteiger partial charge in [-0.2, -0.15) is 0 Å². The highest BCUT2D eigenvalue weighted by Crippen LogP contribution is 2.77. The summed E-state index contributed by atoms with van der Waals surface area (Å²) >= 11 is 0. The number of ether oxygens (including phenoxy) is 2. The molecule has 0 aromatic rings. The van der Waals surface area contributed by atoms with E-state index in [9.17, 15) is 14.4 Å². The number of allylic oxidation sites excluding steroid dienone is 1. The summed E-state index contributed by atoms with van der Waals surface area (Å²) in [5, 5.41) is 0. The molecule has 5 fully saturated rings. The van der Waals surface area contributed by atoms with Gasteiger partial charge in [0.25, 0.3) is 0 Å². The first-order chi connectivity index (χ1) is 20.4. The SMILES string of the molecule is C=C(C)[C@@H]1CC[C@]2(CC=O)CC[C@]3(C)[C@H](CC[C@@H]4[C@@]5(C)CC[C@H](OC(=O)CC(C)(C)CC(=O)OC)C(C)(C)[C@@H]5CC[C@]43C)[C@@H]12. The second-order valence-electron chi connectivity index (χ2n) is 18.4. The van der Waals surface area contributed by atoms with E-state index in [4.69, 9.17) is 9.47 Å². The minimum Gasteiger partial charge on any atom is -0.469 e. The standard InChI is InChI=1S/C39H62O5/c1-25(2)26-13-18-39(21-22-40)20-19-37(8)27(33(26)39)11-12-29-36(7)16-15-30(35(5,6)28(36)14-17-38(29,37)9)44-32(42)24-34(3,4)23-31(41)43-10/h22,26-30,33H,1,11-21,23-24H2,2-10H3/t26-,27+,28-,29+,30-,33+,36-,37+,38+,39+/m0/s1. The topological polar surface area (TPSA) is 69.7 Å². The number of hydrogen-bond acceptors (Lipinski definition) is 5. The number of aldehydes is 1. The molecular weight excluding hydrogens is 548 g/mol. The molecule has 44 heavy (non-hydrogen) atoms. The third kappa shape index (κ3) is 5.04.